The van der Waals surface area contributed by atoms with Crippen LogP contribution < -0.4 is 9.64 Å². The molecular weight excluding hydrogens is 362 g/mol. The monoisotopic (exact) mass is 389 g/mol. The van der Waals surface area contributed by atoms with Crippen molar-refractivity contribution in [2.75, 3.05) is 25.7 Å². The summed E-state index contributed by atoms with van der Waals surface area (Å²) in [5.74, 6) is -1.57. The number of Topliss-reactive ketones (excluding diaryl/α,β-unsaturated/α-hetero) is 1. The van der Waals surface area contributed by atoms with Crippen molar-refractivity contribution in [3.05, 3.63) is 29.8 Å². The Morgan fingerprint density at radius 1 is 1.18 bits per heavy atom. The van der Waals surface area contributed by atoms with Gasteiger partial charge in [-0.3, -0.25) is 14.5 Å². The number of nitrogens with zero attached hydrogens (tertiary/aromatic N) is 1. The average molecular weight is 389 g/mol. The summed E-state index contributed by atoms with van der Waals surface area (Å²) >= 11 is 0. The second kappa shape index (κ2) is 8.46. The van der Waals surface area contributed by atoms with Crippen molar-refractivity contribution in [1.29, 1.82) is 0 Å². The molecule has 2 atom stereocenters. The van der Waals surface area contributed by atoms with Crippen molar-refractivity contribution >= 4 is 29.6 Å². The molecule has 0 aromatic heterocycles. The number of hydrogen-bond acceptors (Lipinski definition) is 6. The summed E-state index contributed by atoms with van der Waals surface area (Å²) < 4.78 is 15.4. The van der Waals surface area contributed by atoms with Gasteiger partial charge in [0.15, 0.2) is 5.78 Å². The molecule has 1 aromatic carbocycles. The Morgan fingerprint density at radius 2 is 1.86 bits per heavy atom. The van der Waals surface area contributed by atoms with E-state index in [-0.39, 0.29) is 12.4 Å². The van der Waals surface area contributed by atoms with Crippen LogP contribution in [0.3, 0.4) is 0 Å². The highest BCUT2D eigenvalue weighted by molar-refractivity contribution is 6.05. The van der Waals surface area contributed by atoms with Gasteiger partial charge in [0.25, 0.3) is 0 Å². The highest BCUT2D eigenvalue weighted by Crippen LogP contribution is 2.37. The lowest BCUT2D eigenvalue weighted by Gasteiger charge is -2.37. The summed E-state index contributed by atoms with van der Waals surface area (Å²) in [6.45, 7) is 7.04. The molecule has 2 unspecified atom stereocenters. The van der Waals surface area contributed by atoms with E-state index < -0.39 is 29.4 Å². The van der Waals surface area contributed by atoms with Crippen molar-refractivity contribution in [1.82, 2.24) is 0 Å². The normalized spacial score (nSPS) is 16.8. The number of hydrogen-bond donors (Lipinski definition) is 0. The second-order valence-corrected chi connectivity index (χ2v) is 7.46. The van der Waals surface area contributed by atoms with Crippen molar-refractivity contribution in [3.8, 4) is 5.75 Å². The quantitative estimate of drug-likeness (QED) is 0.567. The van der Waals surface area contributed by atoms with Gasteiger partial charge in [-0.2, -0.15) is 0 Å². The van der Waals surface area contributed by atoms with Gasteiger partial charge in [-0.1, -0.05) is 32.9 Å². The van der Waals surface area contributed by atoms with Gasteiger partial charge in [0.2, 0.25) is 0 Å². The first-order valence-corrected chi connectivity index (χ1v) is 9.10. The van der Waals surface area contributed by atoms with Gasteiger partial charge in [0.05, 0.1) is 32.6 Å². The highest BCUT2D eigenvalue weighted by Gasteiger charge is 2.45. The van der Waals surface area contributed by atoms with Gasteiger partial charge >= 0.3 is 12.1 Å². The zero-order valence-corrected chi connectivity index (χ0v) is 17.1. The topological polar surface area (TPSA) is 82.1 Å². The molecule has 0 saturated heterocycles. The Labute approximate surface area is 165 Å². The van der Waals surface area contributed by atoms with Gasteiger partial charge < -0.3 is 14.2 Å². The first-order chi connectivity index (χ1) is 13.1. The maximum Gasteiger partial charge on any atom is 0.414 e. The Balaban J connectivity index is 2.60. The molecule has 1 heterocycles. The molecule has 1 aromatic rings. The highest BCUT2D eigenvalue weighted by atomic mass is 16.6. The fourth-order valence-corrected chi connectivity index (χ4v) is 3.13. The van der Waals surface area contributed by atoms with Crippen molar-refractivity contribution in [2.24, 2.45) is 11.3 Å². The van der Waals surface area contributed by atoms with Crippen LogP contribution in [0.2, 0.25) is 0 Å². The van der Waals surface area contributed by atoms with Crippen molar-refractivity contribution in [3.63, 3.8) is 0 Å². The average Bonchev–Trinajstić information content (AvgIpc) is 2.66. The summed E-state index contributed by atoms with van der Waals surface area (Å²) in [5.41, 5.74) is 0.450. The number of carbonyl (C=O) groups excluding carboxylic acids is 3. The van der Waals surface area contributed by atoms with Gasteiger partial charge in [-0.15, -0.1) is 0 Å². The molecule has 1 aliphatic rings. The zero-order valence-electron chi connectivity index (χ0n) is 17.1. The summed E-state index contributed by atoms with van der Waals surface area (Å²) in [5, 5.41) is 0. The van der Waals surface area contributed by atoms with E-state index in [0.717, 1.165) is 5.56 Å². The van der Waals surface area contributed by atoms with Gasteiger partial charge in [0.1, 0.15) is 11.7 Å². The summed E-state index contributed by atoms with van der Waals surface area (Å²) in [6, 6.07) is 4.32. The third kappa shape index (κ3) is 4.18. The predicted octanol–water partition coefficient (Wildman–Crippen LogP) is 3.46. The van der Waals surface area contributed by atoms with Crippen LogP contribution in [0.1, 0.15) is 33.3 Å². The second-order valence-electron chi connectivity index (χ2n) is 7.46. The Bertz CT molecular complexity index is 793. The Hall–Kier alpha value is -2.83. The van der Waals surface area contributed by atoms with E-state index in [1.807, 2.05) is 0 Å². The Morgan fingerprint density at radius 3 is 2.39 bits per heavy atom. The molecule has 0 fully saturated rings. The molecule has 7 nitrogen and oxygen atoms in total. The van der Waals surface area contributed by atoms with Crippen LogP contribution in [-0.4, -0.2) is 44.7 Å². The first-order valence-electron chi connectivity index (χ1n) is 9.10. The largest absolute Gasteiger partial charge is 0.497 e. The number of ketones is 1. The van der Waals surface area contributed by atoms with Crippen LogP contribution in [-0.2, 0) is 19.1 Å². The summed E-state index contributed by atoms with van der Waals surface area (Å²) in [6.07, 6.45) is 2.78. The maximum atomic E-state index is 13.1. The smallest absolute Gasteiger partial charge is 0.414 e. The minimum Gasteiger partial charge on any atom is -0.497 e. The molecule has 0 aliphatic carbocycles. The number of amides is 1. The lowest BCUT2D eigenvalue weighted by atomic mass is 9.78. The third-order valence-corrected chi connectivity index (χ3v) is 4.55. The predicted molar refractivity (Wildman–Crippen MR) is 105 cm³/mol. The molecule has 0 spiro atoms. The molecule has 152 valence electrons. The molecule has 2 rings (SSSR count). The van der Waals surface area contributed by atoms with Crippen LogP contribution >= 0.6 is 0 Å². The molecule has 28 heavy (non-hydrogen) atoms. The lowest BCUT2D eigenvalue weighted by molar-refractivity contribution is -0.152. The van der Waals surface area contributed by atoms with E-state index in [2.05, 4.69) is 0 Å². The Kier molecular flexibility index (Phi) is 6.48. The standard InChI is InChI=1S/C21H27NO6/c1-7-28-20(25)22-15-11-9-14(26-5)12-13(15)8-10-16(22)17(19(24)27-6)18(23)21(2,3)4/h8-12,16-17H,7H2,1-6H3. The van der Waals surface area contributed by atoms with E-state index in [4.69, 9.17) is 14.2 Å². The SMILES string of the molecule is CCOC(=O)N1c2ccc(OC)cc2C=CC1C(C(=O)OC)C(=O)C(C)(C)C. The molecular formula is C21H27NO6. The summed E-state index contributed by atoms with van der Waals surface area (Å²) in [4.78, 5) is 39.8. The minimum absolute atomic E-state index is 0.160. The summed E-state index contributed by atoms with van der Waals surface area (Å²) in [7, 11) is 2.78. The van der Waals surface area contributed by atoms with Gasteiger partial charge in [-0.05, 0) is 25.1 Å². The van der Waals surface area contributed by atoms with Gasteiger partial charge in [-0.25, -0.2) is 4.79 Å². The van der Waals surface area contributed by atoms with Crippen LogP contribution in [0.5, 0.6) is 5.75 Å². The van der Waals surface area contributed by atoms with E-state index in [0.29, 0.717) is 11.4 Å². The molecule has 0 bridgehead atoms. The van der Waals surface area contributed by atoms with Crippen LogP contribution in [0.25, 0.3) is 6.08 Å². The van der Waals surface area contributed by atoms with E-state index in [1.54, 1.807) is 65.2 Å². The number of ether oxygens (including phenoxy) is 3. The molecule has 1 amide bonds. The van der Waals surface area contributed by atoms with Crippen molar-refractivity contribution in [2.45, 2.75) is 33.7 Å². The lowest BCUT2D eigenvalue weighted by Crippen LogP contribution is -2.52. The zero-order chi connectivity index (χ0) is 21.1. The molecule has 7 heteroatoms. The maximum absolute atomic E-state index is 13.1. The number of benzene rings is 1. The number of anilines is 1. The molecule has 0 N–H and O–H groups in total. The minimum atomic E-state index is -1.18. The van der Waals surface area contributed by atoms with Crippen LogP contribution in [0, 0.1) is 11.3 Å². The number of fused-ring (bicyclic) bond motifs is 1. The number of esters is 1. The number of methoxy groups -OCH3 is 2. The van der Waals surface area contributed by atoms with Crippen LogP contribution in [0.4, 0.5) is 10.5 Å². The molecule has 1 aliphatic heterocycles. The van der Waals surface area contributed by atoms with Crippen LogP contribution in [0.15, 0.2) is 24.3 Å². The molecule has 0 radical (unpaired) electrons. The molecule has 0 saturated carbocycles. The van der Waals surface area contributed by atoms with Gasteiger partial charge in [0, 0.05) is 11.0 Å². The van der Waals surface area contributed by atoms with E-state index in [1.165, 1.54) is 12.0 Å². The van der Waals surface area contributed by atoms with E-state index >= 15 is 0 Å². The fourth-order valence-electron chi connectivity index (χ4n) is 3.13. The number of rotatable bonds is 5. The van der Waals surface area contributed by atoms with E-state index in [9.17, 15) is 14.4 Å². The first kappa shape index (κ1) is 21.5. The third-order valence-electron chi connectivity index (χ3n) is 4.55. The fraction of sp³-hybridized carbons (Fsp3) is 0.476. The van der Waals surface area contributed by atoms with Crippen molar-refractivity contribution < 1.29 is 28.6 Å². The number of carbonyl (C=O) groups is 3.